The molecule has 2 nitrogen and oxygen atoms in total. The fraction of sp³-hybridized carbons (Fsp3) is 0.750. The highest BCUT2D eigenvalue weighted by molar-refractivity contribution is 5.59. The second-order valence-electron chi connectivity index (χ2n) is 2.72. The molecule has 2 aliphatic rings. The molecule has 2 heteroatoms. The average molecular weight is 206 g/mol. The van der Waals surface area contributed by atoms with E-state index in [0.29, 0.717) is 6.08 Å². The van der Waals surface area contributed by atoms with Gasteiger partial charge < -0.3 is 9.53 Å². The van der Waals surface area contributed by atoms with E-state index in [9.17, 15) is 4.79 Å². The molecule has 0 heterocycles. The maximum Gasteiger partial charge on any atom is 0.127 e. The van der Waals surface area contributed by atoms with Crippen LogP contribution in [0.1, 0.15) is 48.3 Å². The van der Waals surface area contributed by atoms with Crippen molar-refractivity contribution < 1.29 is 26.0 Å². The number of allylic oxidation sites excluding steroid dienone is 1. The SMILES string of the molecule is [2H]C1C=C2C([2H])(C=O)C([2H])([2H])C([2H])([2H])C([2H])([2H])C2([2H])C([2H])([2H])C1([2H])OC. The molecule has 0 aromatic carbocycles. The molecule has 78 valence electrons. The minimum Gasteiger partial charge on any atom is -0.381 e. The summed E-state index contributed by atoms with van der Waals surface area (Å²) in [5, 5.41) is 0. The Labute approximate surface area is 102 Å². The fourth-order valence-electron chi connectivity index (χ4n) is 1.24. The average Bonchev–Trinajstić information content (AvgIpc) is 2.54. The highest BCUT2D eigenvalue weighted by Crippen LogP contribution is 2.39. The predicted octanol–water partition coefficient (Wildman–Crippen LogP) is 2.34. The van der Waals surface area contributed by atoms with Crippen molar-refractivity contribution in [3.8, 4) is 0 Å². The highest BCUT2D eigenvalue weighted by Gasteiger charge is 2.31. The molecule has 0 radical (unpaired) electrons. The third kappa shape index (κ3) is 1.76. The van der Waals surface area contributed by atoms with Gasteiger partial charge in [-0.25, -0.2) is 0 Å². The zero-order valence-corrected chi connectivity index (χ0v) is 7.55. The topological polar surface area (TPSA) is 26.3 Å². The van der Waals surface area contributed by atoms with Crippen molar-refractivity contribution in [2.45, 2.75) is 38.0 Å². The molecule has 2 rings (SSSR count). The van der Waals surface area contributed by atoms with Gasteiger partial charge in [0.25, 0.3) is 0 Å². The van der Waals surface area contributed by atoms with E-state index in [2.05, 4.69) is 0 Å². The number of aldehydes is 1. The summed E-state index contributed by atoms with van der Waals surface area (Å²) in [6, 6.07) is 0. The zero-order chi connectivity index (χ0) is 20.8. The molecule has 1 saturated carbocycles. The quantitative estimate of drug-likeness (QED) is 0.512. The van der Waals surface area contributed by atoms with E-state index >= 15 is 0 Å². The van der Waals surface area contributed by atoms with Gasteiger partial charge in [0.2, 0.25) is 0 Å². The summed E-state index contributed by atoms with van der Waals surface area (Å²) in [7, 11) is 0.870. The van der Waals surface area contributed by atoms with Crippen molar-refractivity contribution in [1.29, 1.82) is 0 Å². The Balaban J connectivity index is 3.07. The molecule has 0 aromatic heterocycles. The number of methoxy groups -OCH3 is 1. The molecule has 0 N–H and O–H groups in total. The lowest BCUT2D eigenvalue weighted by Crippen LogP contribution is -2.28. The fourth-order valence-corrected chi connectivity index (χ4v) is 1.24. The van der Waals surface area contributed by atoms with Gasteiger partial charge in [0.05, 0.1) is 7.45 Å². The number of ether oxygens (including phenoxy) is 1. The molecule has 0 saturated heterocycles. The highest BCUT2D eigenvalue weighted by atomic mass is 16.5. The second-order valence-corrected chi connectivity index (χ2v) is 2.72. The predicted molar refractivity (Wildman–Crippen MR) is 55.0 cm³/mol. The molecular weight excluding hydrogens is 176 g/mol. The van der Waals surface area contributed by atoms with E-state index in [1.165, 1.54) is 0 Å². The van der Waals surface area contributed by atoms with Crippen molar-refractivity contribution in [1.82, 2.24) is 0 Å². The molecule has 2 aliphatic carbocycles. The lowest BCUT2D eigenvalue weighted by molar-refractivity contribution is -0.111. The molecule has 4 unspecified atom stereocenters. The summed E-state index contributed by atoms with van der Waals surface area (Å²) in [4.78, 5) is 11.6. The Morgan fingerprint density at radius 3 is 3.29 bits per heavy atom. The van der Waals surface area contributed by atoms with Crippen LogP contribution in [-0.2, 0) is 9.53 Å². The Morgan fingerprint density at radius 1 is 1.71 bits per heavy atom. The number of carbonyl (C=O) groups is 1. The van der Waals surface area contributed by atoms with E-state index in [1.807, 2.05) is 0 Å². The van der Waals surface area contributed by atoms with Gasteiger partial charge in [0.1, 0.15) is 6.29 Å². The first-order valence-electron chi connectivity index (χ1n) is 10.1. The normalized spacial score (nSPS) is 85.2. The minimum absolute atomic E-state index is 0.318. The number of carbonyl (C=O) groups excluding carboxylic acids is 1. The molecule has 4 atom stereocenters. The van der Waals surface area contributed by atoms with Crippen LogP contribution >= 0.6 is 0 Å². The molecule has 14 heavy (non-hydrogen) atoms. The van der Waals surface area contributed by atoms with Crippen LogP contribution in [-0.4, -0.2) is 19.5 Å². The summed E-state index contributed by atoms with van der Waals surface area (Å²) in [6.07, 6.45) is -18.7. The second kappa shape index (κ2) is 4.26. The smallest absolute Gasteiger partial charge is 0.127 e. The summed E-state index contributed by atoms with van der Waals surface area (Å²) < 4.78 is 102. The van der Waals surface area contributed by atoms with E-state index in [1.54, 1.807) is 0 Å². The van der Waals surface area contributed by atoms with Gasteiger partial charge in [-0.3, -0.25) is 0 Å². The Bertz CT molecular complexity index is 675. The Morgan fingerprint density at radius 2 is 2.57 bits per heavy atom. The van der Waals surface area contributed by atoms with Crippen LogP contribution in [0.5, 0.6) is 0 Å². The molecule has 0 bridgehead atoms. The van der Waals surface area contributed by atoms with E-state index in [0.717, 1.165) is 7.11 Å². The lowest BCUT2D eigenvalue weighted by atomic mass is 9.72. The Hall–Kier alpha value is -0.630. The molecule has 0 amide bonds. The van der Waals surface area contributed by atoms with Crippen molar-refractivity contribution in [3.05, 3.63) is 11.6 Å². The lowest BCUT2D eigenvalue weighted by Gasteiger charge is -2.35. The van der Waals surface area contributed by atoms with Crippen LogP contribution < -0.4 is 0 Å². The van der Waals surface area contributed by atoms with Crippen molar-refractivity contribution in [3.63, 3.8) is 0 Å². The van der Waals surface area contributed by atoms with E-state index in [4.69, 9.17) is 21.2 Å². The number of rotatable bonds is 2. The van der Waals surface area contributed by atoms with Crippen LogP contribution in [0.15, 0.2) is 11.6 Å². The molecule has 0 aromatic rings. The number of fused-ring (bicyclic) bond motifs is 1. The van der Waals surface area contributed by atoms with Crippen LogP contribution in [0.4, 0.5) is 0 Å². The van der Waals surface area contributed by atoms with Gasteiger partial charge in [-0.2, -0.15) is 0 Å². The van der Waals surface area contributed by atoms with Crippen LogP contribution in [0.3, 0.4) is 0 Å². The summed E-state index contributed by atoms with van der Waals surface area (Å²) in [5.74, 6) is -6.56. The Kier molecular flexibility index (Phi) is 0.896. The van der Waals surface area contributed by atoms with Crippen LogP contribution in [0.25, 0.3) is 0 Å². The molecule has 0 spiro atoms. The molecule has 1 fully saturated rings. The maximum atomic E-state index is 11.6. The monoisotopic (exact) mass is 206 g/mol. The standard InChI is InChI=1S/C12H18O2/c1-14-11-5-6-12-9(7-11)3-2-4-10(12)8-13/h6,8-11H,2-5,7H2,1H3/i2D2,3D2,4D2,5D,7D2,9D,10D,11D. The molecular formula is C12H18O2. The third-order valence-electron chi connectivity index (χ3n) is 1.93. The molecule has 0 aliphatic heterocycles. The largest absolute Gasteiger partial charge is 0.381 e. The summed E-state index contributed by atoms with van der Waals surface area (Å²) in [5.41, 5.74) is -1.03. The van der Waals surface area contributed by atoms with Crippen molar-refractivity contribution in [2.75, 3.05) is 7.11 Å². The van der Waals surface area contributed by atoms with Gasteiger partial charge in [-0.1, -0.05) is 18.0 Å². The minimum atomic E-state index is -3.65. The van der Waals surface area contributed by atoms with Gasteiger partial charge in [-0.15, -0.1) is 0 Å². The van der Waals surface area contributed by atoms with Gasteiger partial charge in [0.15, 0.2) is 0 Å². The number of hydrogen-bond donors (Lipinski definition) is 0. The number of hydrogen-bond acceptors (Lipinski definition) is 2. The maximum absolute atomic E-state index is 11.6. The summed E-state index contributed by atoms with van der Waals surface area (Å²) >= 11 is 0. The van der Waals surface area contributed by atoms with Gasteiger partial charge in [-0.05, 0) is 31.4 Å². The summed E-state index contributed by atoms with van der Waals surface area (Å²) in [6.45, 7) is 0. The first kappa shape index (κ1) is 2.94. The van der Waals surface area contributed by atoms with Gasteiger partial charge >= 0.3 is 0 Å². The zero-order valence-electron chi connectivity index (χ0n) is 19.5. The van der Waals surface area contributed by atoms with Crippen molar-refractivity contribution in [2.24, 2.45) is 11.8 Å². The van der Waals surface area contributed by atoms with Gasteiger partial charge in [0, 0.05) is 28.1 Å². The van der Waals surface area contributed by atoms with E-state index < -0.39 is 55.3 Å². The van der Waals surface area contributed by atoms with Crippen LogP contribution in [0, 0.1) is 11.8 Å². The first-order chi connectivity index (χ1) is 11.4. The van der Waals surface area contributed by atoms with Crippen molar-refractivity contribution >= 4 is 6.29 Å². The first-order valence-corrected chi connectivity index (χ1v) is 4.05. The third-order valence-corrected chi connectivity index (χ3v) is 1.93. The van der Waals surface area contributed by atoms with E-state index in [-0.39, 0.29) is 6.29 Å². The van der Waals surface area contributed by atoms with Crippen LogP contribution in [0.2, 0.25) is 0 Å².